The number of para-hydroxylation sites is 2. The third kappa shape index (κ3) is 3.74. The van der Waals surface area contributed by atoms with Gasteiger partial charge in [-0.2, -0.15) is 0 Å². The molecule has 2 aromatic carbocycles. The van der Waals surface area contributed by atoms with E-state index in [0.29, 0.717) is 18.9 Å². The van der Waals surface area contributed by atoms with Gasteiger partial charge in [-0.05, 0) is 35.6 Å². The molecule has 2 aromatic rings. The number of nitrogens with zero attached hydrogens (tertiary/aromatic N) is 2. The number of rotatable bonds is 3. The van der Waals surface area contributed by atoms with Crippen molar-refractivity contribution in [3.05, 3.63) is 59.7 Å². The highest BCUT2D eigenvalue weighted by atomic mass is 32.2. The van der Waals surface area contributed by atoms with E-state index in [1.54, 1.807) is 11.8 Å². The van der Waals surface area contributed by atoms with Gasteiger partial charge in [-0.1, -0.05) is 62.0 Å². The molecule has 4 rings (SSSR count). The van der Waals surface area contributed by atoms with Crippen molar-refractivity contribution in [3.8, 4) is 5.75 Å². The summed E-state index contributed by atoms with van der Waals surface area (Å²) < 4.78 is 5.93. The van der Waals surface area contributed by atoms with E-state index in [1.807, 2.05) is 47.4 Å². The van der Waals surface area contributed by atoms with Gasteiger partial charge in [0.15, 0.2) is 11.3 Å². The molecule has 0 bridgehead atoms. The normalized spacial score (nSPS) is 20.6. The minimum atomic E-state index is -0.452. The van der Waals surface area contributed by atoms with Crippen molar-refractivity contribution in [3.63, 3.8) is 0 Å². The second kappa shape index (κ2) is 7.77. The van der Waals surface area contributed by atoms with Crippen LogP contribution < -0.4 is 4.74 Å². The second-order valence-electron chi connectivity index (χ2n) is 7.22. The largest absolute Gasteiger partial charge is 0.480 e. The fraction of sp³-hybridized carbons (Fsp3) is 0.364. The quantitative estimate of drug-likeness (QED) is 0.770. The van der Waals surface area contributed by atoms with Crippen molar-refractivity contribution in [2.75, 3.05) is 12.3 Å². The average Bonchev–Trinajstić information content (AvgIpc) is 3.12. The van der Waals surface area contributed by atoms with Crippen LogP contribution >= 0.6 is 11.8 Å². The summed E-state index contributed by atoms with van der Waals surface area (Å²) in [4.78, 5) is 19.9. The average molecular weight is 381 g/mol. The van der Waals surface area contributed by atoms with Crippen molar-refractivity contribution in [1.82, 2.24) is 4.90 Å². The van der Waals surface area contributed by atoms with Crippen LogP contribution in [0.25, 0.3) is 0 Å². The van der Waals surface area contributed by atoms with Gasteiger partial charge in [-0.3, -0.25) is 9.69 Å². The fourth-order valence-corrected chi connectivity index (χ4v) is 4.49. The van der Waals surface area contributed by atoms with Crippen LogP contribution in [0.5, 0.6) is 5.75 Å². The molecule has 1 amide bonds. The SMILES string of the molecule is CC(C)c1ccccc1N=C1SCCCN1C(=O)C1Cc2ccccc2O1. The highest BCUT2D eigenvalue weighted by Gasteiger charge is 2.35. The molecule has 140 valence electrons. The van der Waals surface area contributed by atoms with E-state index in [1.165, 1.54) is 5.56 Å². The summed E-state index contributed by atoms with van der Waals surface area (Å²) in [5.74, 6) is 2.21. The summed E-state index contributed by atoms with van der Waals surface area (Å²) in [6.07, 6.45) is 1.15. The molecule has 0 N–H and O–H groups in total. The van der Waals surface area contributed by atoms with Crippen molar-refractivity contribution in [2.24, 2.45) is 4.99 Å². The lowest BCUT2D eigenvalue weighted by Gasteiger charge is -2.29. The Balaban J connectivity index is 1.59. The van der Waals surface area contributed by atoms with Crippen molar-refractivity contribution >= 4 is 28.5 Å². The maximum atomic E-state index is 13.2. The summed E-state index contributed by atoms with van der Waals surface area (Å²) in [5, 5.41) is 0.791. The van der Waals surface area contributed by atoms with E-state index in [4.69, 9.17) is 9.73 Å². The summed E-state index contributed by atoms with van der Waals surface area (Å²) in [5.41, 5.74) is 3.25. The van der Waals surface area contributed by atoms with E-state index < -0.39 is 6.10 Å². The van der Waals surface area contributed by atoms with Gasteiger partial charge in [0, 0.05) is 18.7 Å². The maximum absolute atomic E-state index is 13.2. The summed E-state index contributed by atoms with van der Waals surface area (Å²) in [6.45, 7) is 5.03. The van der Waals surface area contributed by atoms with E-state index in [-0.39, 0.29) is 5.91 Å². The molecule has 0 aliphatic carbocycles. The number of amidine groups is 1. The molecule has 27 heavy (non-hydrogen) atoms. The number of carbonyl (C=O) groups excluding carboxylic acids is 1. The topological polar surface area (TPSA) is 41.9 Å². The number of fused-ring (bicyclic) bond motifs is 1. The molecule has 1 unspecified atom stereocenters. The minimum absolute atomic E-state index is 0.0131. The minimum Gasteiger partial charge on any atom is -0.480 e. The molecular formula is C22H24N2O2S. The van der Waals surface area contributed by atoms with Crippen LogP contribution in [0.4, 0.5) is 5.69 Å². The second-order valence-corrected chi connectivity index (χ2v) is 8.28. The Labute approximate surface area is 164 Å². The molecule has 0 radical (unpaired) electrons. The first-order chi connectivity index (χ1) is 13.1. The Bertz CT molecular complexity index is 853. The number of hydrogen-bond donors (Lipinski definition) is 0. The number of ether oxygens (including phenoxy) is 1. The van der Waals surface area contributed by atoms with Gasteiger partial charge in [-0.25, -0.2) is 4.99 Å². The highest BCUT2D eigenvalue weighted by Crippen LogP contribution is 2.32. The molecule has 0 saturated carbocycles. The maximum Gasteiger partial charge on any atom is 0.269 e. The van der Waals surface area contributed by atoms with Gasteiger partial charge in [-0.15, -0.1) is 0 Å². The molecule has 1 saturated heterocycles. The van der Waals surface area contributed by atoms with Crippen molar-refractivity contribution in [2.45, 2.75) is 38.7 Å². The first-order valence-electron chi connectivity index (χ1n) is 9.50. The molecule has 0 spiro atoms. The van der Waals surface area contributed by atoms with Gasteiger partial charge in [0.05, 0.1) is 5.69 Å². The first kappa shape index (κ1) is 18.1. The van der Waals surface area contributed by atoms with Crippen LogP contribution in [-0.2, 0) is 11.2 Å². The number of benzene rings is 2. The van der Waals surface area contributed by atoms with Crippen LogP contribution in [0.15, 0.2) is 53.5 Å². The monoisotopic (exact) mass is 380 g/mol. The first-order valence-corrected chi connectivity index (χ1v) is 10.5. The van der Waals surface area contributed by atoms with Crippen molar-refractivity contribution < 1.29 is 9.53 Å². The third-order valence-corrected chi connectivity index (χ3v) is 6.01. The zero-order valence-electron chi connectivity index (χ0n) is 15.7. The van der Waals surface area contributed by atoms with E-state index in [2.05, 4.69) is 19.9 Å². The van der Waals surface area contributed by atoms with Crippen LogP contribution in [0, 0.1) is 0 Å². The zero-order valence-corrected chi connectivity index (χ0v) is 16.5. The molecule has 1 atom stereocenters. The van der Waals surface area contributed by atoms with Crippen LogP contribution in [0.2, 0.25) is 0 Å². The van der Waals surface area contributed by atoms with Crippen LogP contribution in [0.3, 0.4) is 0 Å². The van der Waals surface area contributed by atoms with Gasteiger partial charge in [0.1, 0.15) is 5.75 Å². The lowest BCUT2D eigenvalue weighted by molar-refractivity contribution is -0.133. The smallest absolute Gasteiger partial charge is 0.269 e. The molecule has 4 nitrogen and oxygen atoms in total. The molecule has 5 heteroatoms. The highest BCUT2D eigenvalue weighted by molar-refractivity contribution is 8.13. The van der Waals surface area contributed by atoms with Crippen LogP contribution in [0.1, 0.15) is 37.3 Å². The van der Waals surface area contributed by atoms with Gasteiger partial charge >= 0.3 is 0 Å². The molecule has 2 heterocycles. The number of amides is 1. The van der Waals surface area contributed by atoms with Crippen LogP contribution in [-0.4, -0.2) is 34.4 Å². The summed E-state index contributed by atoms with van der Waals surface area (Å²) in [7, 11) is 0. The number of aliphatic imine (C=N–C) groups is 1. The Kier molecular flexibility index (Phi) is 5.21. The van der Waals surface area contributed by atoms with E-state index >= 15 is 0 Å². The molecule has 2 aliphatic rings. The van der Waals surface area contributed by atoms with E-state index in [0.717, 1.165) is 34.3 Å². The fourth-order valence-electron chi connectivity index (χ4n) is 3.53. The Morgan fingerprint density at radius 3 is 2.78 bits per heavy atom. The Morgan fingerprint density at radius 2 is 1.96 bits per heavy atom. The van der Waals surface area contributed by atoms with Gasteiger partial charge < -0.3 is 4.74 Å². The van der Waals surface area contributed by atoms with Crippen molar-refractivity contribution in [1.29, 1.82) is 0 Å². The number of thioether (sulfide) groups is 1. The van der Waals surface area contributed by atoms with E-state index in [9.17, 15) is 4.79 Å². The molecule has 0 aromatic heterocycles. The number of carbonyl (C=O) groups is 1. The molecule has 1 fully saturated rings. The predicted molar refractivity (Wildman–Crippen MR) is 111 cm³/mol. The lowest BCUT2D eigenvalue weighted by atomic mass is 10.0. The Morgan fingerprint density at radius 1 is 1.19 bits per heavy atom. The molecular weight excluding hydrogens is 356 g/mol. The number of hydrogen-bond acceptors (Lipinski definition) is 4. The lowest BCUT2D eigenvalue weighted by Crippen LogP contribution is -2.46. The summed E-state index contributed by atoms with van der Waals surface area (Å²) >= 11 is 1.66. The standard InChI is InChI=1S/C22H24N2O2S/c1-15(2)17-9-4-5-10-18(17)23-22-24(12-7-13-27-22)21(25)20-14-16-8-3-6-11-19(16)26-20/h3-6,8-11,15,20H,7,12-14H2,1-2H3. The third-order valence-electron chi connectivity index (χ3n) is 4.95. The zero-order chi connectivity index (χ0) is 18.8. The Hall–Kier alpha value is -2.27. The van der Waals surface area contributed by atoms with Gasteiger partial charge in [0.25, 0.3) is 5.91 Å². The summed E-state index contributed by atoms with van der Waals surface area (Å²) in [6, 6.07) is 16.1. The predicted octanol–water partition coefficient (Wildman–Crippen LogP) is 4.77. The molecule has 2 aliphatic heterocycles. The van der Waals surface area contributed by atoms with Gasteiger partial charge in [0.2, 0.25) is 0 Å².